The van der Waals surface area contributed by atoms with Gasteiger partial charge in [0.15, 0.2) is 0 Å². The van der Waals surface area contributed by atoms with E-state index < -0.39 is 0 Å². The Hall–Kier alpha value is -0.830. The lowest BCUT2D eigenvalue weighted by atomic mass is 9.95. The van der Waals surface area contributed by atoms with Crippen LogP contribution in [0.1, 0.15) is 51.9 Å². The number of aromatic nitrogens is 2. The first kappa shape index (κ1) is 14.6. The van der Waals surface area contributed by atoms with Crippen molar-refractivity contribution in [3.63, 3.8) is 0 Å². The quantitative estimate of drug-likeness (QED) is 0.785. The van der Waals surface area contributed by atoms with Gasteiger partial charge in [0.2, 0.25) is 0 Å². The van der Waals surface area contributed by atoms with Gasteiger partial charge in [0.1, 0.15) is 16.8 Å². The zero-order chi connectivity index (χ0) is 14.4. The van der Waals surface area contributed by atoms with E-state index in [1.807, 2.05) is 6.92 Å². The first-order chi connectivity index (χ1) is 8.71. The van der Waals surface area contributed by atoms with E-state index >= 15 is 0 Å². The van der Waals surface area contributed by atoms with Gasteiger partial charge in [0.05, 0.1) is 0 Å². The standard InChI is InChI=1S/C15H24ClN3/c1-9-12(16)17-14(15(3,4)5)18-13(9)19(6)10(2)11-7-8-11/h10-11H,7-8H2,1-6H3. The fraction of sp³-hybridized carbons (Fsp3) is 0.733. The Morgan fingerprint density at radius 2 is 1.84 bits per heavy atom. The molecule has 1 atom stereocenters. The average Bonchev–Trinajstić information content (AvgIpc) is 3.13. The van der Waals surface area contributed by atoms with E-state index in [4.69, 9.17) is 16.6 Å². The minimum absolute atomic E-state index is 0.0876. The molecule has 106 valence electrons. The van der Waals surface area contributed by atoms with Crippen LogP contribution >= 0.6 is 11.6 Å². The molecule has 1 heterocycles. The van der Waals surface area contributed by atoms with Crippen LogP contribution < -0.4 is 4.90 Å². The fourth-order valence-corrected chi connectivity index (χ4v) is 2.41. The lowest BCUT2D eigenvalue weighted by Crippen LogP contribution is -2.33. The third-order valence-electron chi connectivity index (χ3n) is 3.98. The van der Waals surface area contributed by atoms with Gasteiger partial charge in [-0.25, -0.2) is 9.97 Å². The highest BCUT2D eigenvalue weighted by Gasteiger charge is 2.32. The molecule has 2 rings (SSSR count). The SMILES string of the molecule is Cc1c(Cl)nc(C(C)(C)C)nc1N(C)C(C)C1CC1. The van der Waals surface area contributed by atoms with Crippen LogP contribution in [0.15, 0.2) is 0 Å². The maximum atomic E-state index is 6.29. The minimum atomic E-state index is -0.0876. The molecule has 1 fully saturated rings. The Kier molecular flexibility index (Phi) is 3.78. The molecule has 0 aromatic carbocycles. The van der Waals surface area contributed by atoms with Gasteiger partial charge in [-0.1, -0.05) is 32.4 Å². The lowest BCUT2D eigenvalue weighted by Gasteiger charge is -2.29. The Labute approximate surface area is 121 Å². The molecule has 1 aliphatic carbocycles. The minimum Gasteiger partial charge on any atom is -0.356 e. The highest BCUT2D eigenvalue weighted by Crippen LogP contribution is 2.37. The molecule has 0 radical (unpaired) electrons. The Morgan fingerprint density at radius 1 is 1.26 bits per heavy atom. The smallest absolute Gasteiger partial charge is 0.137 e. The van der Waals surface area contributed by atoms with Crippen molar-refractivity contribution in [3.05, 3.63) is 16.5 Å². The summed E-state index contributed by atoms with van der Waals surface area (Å²) >= 11 is 6.29. The van der Waals surface area contributed by atoms with Crippen LogP contribution in [0, 0.1) is 12.8 Å². The number of nitrogens with zero attached hydrogens (tertiary/aromatic N) is 3. The second-order valence-electron chi connectivity index (χ2n) is 6.73. The molecule has 19 heavy (non-hydrogen) atoms. The molecular formula is C15H24ClN3. The van der Waals surface area contributed by atoms with E-state index in [0.717, 1.165) is 23.1 Å². The van der Waals surface area contributed by atoms with Gasteiger partial charge >= 0.3 is 0 Å². The molecule has 0 N–H and O–H groups in total. The first-order valence-electron chi connectivity index (χ1n) is 6.99. The normalized spacial score (nSPS) is 17.4. The fourth-order valence-electron chi connectivity index (χ4n) is 2.24. The van der Waals surface area contributed by atoms with E-state index in [-0.39, 0.29) is 5.41 Å². The summed E-state index contributed by atoms with van der Waals surface area (Å²) in [5.74, 6) is 2.59. The van der Waals surface area contributed by atoms with E-state index in [1.165, 1.54) is 12.8 Å². The molecule has 0 amide bonds. The van der Waals surface area contributed by atoms with Gasteiger partial charge in [-0.2, -0.15) is 0 Å². The van der Waals surface area contributed by atoms with Crippen LogP contribution in [-0.4, -0.2) is 23.1 Å². The second kappa shape index (κ2) is 4.93. The summed E-state index contributed by atoms with van der Waals surface area (Å²) in [6.07, 6.45) is 2.66. The molecule has 0 saturated heterocycles. The molecular weight excluding hydrogens is 258 g/mol. The maximum absolute atomic E-state index is 6.29. The average molecular weight is 282 g/mol. The second-order valence-corrected chi connectivity index (χ2v) is 7.08. The van der Waals surface area contributed by atoms with Gasteiger partial charge in [-0.15, -0.1) is 0 Å². The summed E-state index contributed by atoms with van der Waals surface area (Å²) in [5.41, 5.74) is 0.889. The van der Waals surface area contributed by atoms with Crippen molar-refractivity contribution in [1.29, 1.82) is 0 Å². The summed E-state index contributed by atoms with van der Waals surface area (Å²) < 4.78 is 0. The zero-order valence-electron chi connectivity index (χ0n) is 12.8. The summed E-state index contributed by atoms with van der Waals surface area (Å²) in [4.78, 5) is 11.5. The van der Waals surface area contributed by atoms with E-state index in [1.54, 1.807) is 0 Å². The summed E-state index contributed by atoms with van der Waals surface area (Å²) in [7, 11) is 2.11. The topological polar surface area (TPSA) is 29.0 Å². The molecule has 3 nitrogen and oxygen atoms in total. The van der Waals surface area contributed by atoms with Crippen LogP contribution in [0.2, 0.25) is 5.15 Å². The maximum Gasteiger partial charge on any atom is 0.137 e. The monoisotopic (exact) mass is 281 g/mol. The summed E-state index contributed by atoms with van der Waals surface area (Å²) in [5, 5.41) is 0.574. The van der Waals surface area contributed by atoms with Gasteiger partial charge in [-0.3, -0.25) is 0 Å². The summed E-state index contributed by atoms with van der Waals surface area (Å²) in [6, 6.07) is 0.512. The van der Waals surface area contributed by atoms with Crippen molar-refractivity contribution in [1.82, 2.24) is 9.97 Å². The van der Waals surface area contributed by atoms with Crippen LogP contribution in [0.25, 0.3) is 0 Å². The molecule has 0 aliphatic heterocycles. The Bertz CT molecular complexity index is 475. The third-order valence-corrected chi connectivity index (χ3v) is 4.35. The van der Waals surface area contributed by atoms with Crippen LogP contribution in [0.5, 0.6) is 0 Å². The highest BCUT2D eigenvalue weighted by molar-refractivity contribution is 6.30. The van der Waals surface area contributed by atoms with Crippen molar-refractivity contribution in [2.24, 2.45) is 5.92 Å². The number of halogens is 1. The van der Waals surface area contributed by atoms with Crippen molar-refractivity contribution in [2.75, 3.05) is 11.9 Å². The van der Waals surface area contributed by atoms with E-state index in [0.29, 0.717) is 11.2 Å². The Morgan fingerprint density at radius 3 is 2.32 bits per heavy atom. The molecule has 0 bridgehead atoms. The largest absolute Gasteiger partial charge is 0.356 e. The molecule has 1 aromatic heterocycles. The van der Waals surface area contributed by atoms with Gasteiger partial charge in [0, 0.05) is 24.1 Å². The number of rotatable bonds is 3. The van der Waals surface area contributed by atoms with Crippen LogP contribution in [0.3, 0.4) is 0 Å². The molecule has 1 saturated carbocycles. The van der Waals surface area contributed by atoms with Crippen LogP contribution in [0.4, 0.5) is 5.82 Å². The van der Waals surface area contributed by atoms with Gasteiger partial charge in [0.25, 0.3) is 0 Å². The lowest BCUT2D eigenvalue weighted by molar-refractivity contribution is 0.538. The van der Waals surface area contributed by atoms with Crippen molar-refractivity contribution in [3.8, 4) is 0 Å². The zero-order valence-corrected chi connectivity index (χ0v) is 13.5. The number of hydrogen-bond acceptors (Lipinski definition) is 3. The third kappa shape index (κ3) is 3.02. The van der Waals surface area contributed by atoms with E-state index in [9.17, 15) is 0 Å². The molecule has 0 spiro atoms. The predicted molar refractivity (Wildman–Crippen MR) is 81.1 cm³/mol. The summed E-state index contributed by atoms with van der Waals surface area (Å²) in [6.45, 7) is 10.6. The van der Waals surface area contributed by atoms with Crippen molar-refractivity contribution >= 4 is 17.4 Å². The number of anilines is 1. The highest BCUT2D eigenvalue weighted by atomic mass is 35.5. The van der Waals surface area contributed by atoms with Crippen LogP contribution in [-0.2, 0) is 5.41 Å². The van der Waals surface area contributed by atoms with Gasteiger partial charge < -0.3 is 4.90 Å². The molecule has 1 unspecified atom stereocenters. The molecule has 1 aliphatic rings. The van der Waals surface area contributed by atoms with Crippen molar-refractivity contribution < 1.29 is 0 Å². The van der Waals surface area contributed by atoms with Gasteiger partial charge in [-0.05, 0) is 32.6 Å². The number of hydrogen-bond donors (Lipinski definition) is 0. The predicted octanol–water partition coefficient (Wildman–Crippen LogP) is 3.97. The molecule has 4 heteroatoms. The van der Waals surface area contributed by atoms with E-state index in [2.05, 4.69) is 44.6 Å². The molecule has 1 aromatic rings. The van der Waals surface area contributed by atoms with Crippen molar-refractivity contribution in [2.45, 2.75) is 58.9 Å². The first-order valence-corrected chi connectivity index (χ1v) is 7.37. The Balaban J connectivity index is 2.40.